The molecule has 1 fully saturated rings. The highest BCUT2D eigenvalue weighted by Crippen LogP contribution is 2.19. The molecule has 3 rings (SSSR count). The number of hydrogen-bond acceptors (Lipinski definition) is 4. The molecule has 5 heteroatoms. The van der Waals surface area contributed by atoms with E-state index in [1.807, 2.05) is 18.2 Å². The van der Waals surface area contributed by atoms with E-state index in [4.69, 9.17) is 4.74 Å². The van der Waals surface area contributed by atoms with Crippen molar-refractivity contribution >= 4 is 0 Å². The Bertz CT molecular complexity index is 647. The molecule has 0 spiro atoms. The van der Waals surface area contributed by atoms with Gasteiger partial charge in [0.15, 0.2) is 0 Å². The minimum Gasteiger partial charge on any atom is -0.387 e. The normalized spacial score (nSPS) is 18.0. The fraction of sp³-hybridized carbons (Fsp3) is 0.400. The summed E-state index contributed by atoms with van der Waals surface area (Å²) in [6.07, 6.45) is -0.878. The molecule has 1 heterocycles. The third-order valence-corrected chi connectivity index (χ3v) is 4.57. The predicted molar refractivity (Wildman–Crippen MR) is 95.8 cm³/mol. The van der Waals surface area contributed by atoms with Gasteiger partial charge < -0.3 is 15.2 Å². The number of aliphatic hydroxyl groups is 1. The summed E-state index contributed by atoms with van der Waals surface area (Å²) in [6, 6.07) is 16.6. The van der Waals surface area contributed by atoms with E-state index in [0.717, 1.165) is 38.4 Å². The van der Waals surface area contributed by atoms with Gasteiger partial charge in [0.1, 0.15) is 5.82 Å². The molecule has 2 N–H and O–H groups in total. The van der Waals surface area contributed by atoms with Crippen LogP contribution in [0.4, 0.5) is 4.39 Å². The average Bonchev–Trinajstić information content (AvgIpc) is 2.67. The number of benzene rings is 2. The van der Waals surface area contributed by atoms with E-state index in [-0.39, 0.29) is 11.9 Å². The van der Waals surface area contributed by atoms with Crippen molar-refractivity contribution in [2.75, 3.05) is 39.4 Å². The number of nitrogens with one attached hydrogen (secondary N) is 1. The number of halogens is 1. The van der Waals surface area contributed by atoms with Crippen LogP contribution in [0.1, 0.15) is 23.3 Å². The lowest BCUT2D eigenvalue weighted by atomic mass is 10.0. The van der Waals surface area contributed by atoms with Crippen LogP contribution in [0.3, 0.4) is 0 Å². The van der Waals surface area contributed by atoms with E-state index >= 15 is 0 Å². The van der Waals surface area contributed by atoms with Crippen LogP contribution >= 0.6 is 0 Å². The van der Waals surface area contributed by atoms with Crippen LogP contribution in [0.15, 0.2) is 54.6 Å². The smallest absolute Gasteiger partial charge is 0.129 e. The Balaban J connectivity index is 1.66. The summed E-state index contributed by atoms with van der Waals surface area (Å²) in [7, 11) is 0. The second-order valence-electron chi connectivity index (χ2n) is 6.32. The zero-order valence-corrected chi connectivity index (χ0v) is 14.3. The van der Waals surface area contributed by atoms with Gasteiger partial charge in [-0.05, 0) is 11.6 Å². The molecule has 1 aliphatic heterocycles. The third-order valence-electron chi connectivity index (χ3n) is 4.57. The van der Waals surface area contributed by atoms with Crippen LogP contribution in [-0.4, -0.2) is 49.4 Å². The summed E-state index contributed by atoms with van der Waals surface area (Å²) >= 11 is 0. The zero-order valence-electron chi connectivity index (χ0n) is 14.3. The van der Waals surface area contributed by atoms with Crippen LogP contribution in [0.5, 0.6) is 0 Å². The van der Waals surface area contributed by atoms with Crippen molar-refractivity contribution in [2.45, 2.75) is 12.1 Å². The SMILES string of the molecule is OC(CNC(CN1CCOCC1)c1ccccc1)c1ccccc1F. The van der Waals surface area contributed by atoms with Crippen LogP contribution in [0.25, 0.3) is 0 Å². The number of ether oxygens (including phenoxy) is 1. The Hall–Kier alpha value is -1.79. The van der Waals surface area contributed by atoms with Crippen molar-refractivity contribution in [2.24, 2.45) is 0 Å². The van der Waals surface area contributed by atoms with Gasteiger partial charge >= 0.3 is 0 Å². The van der Waals surface area contributed by atoms with Gasteiger partial charge in [-0.15, -0.1) is 0 Å². The van der Waals surface area contributed by atoms with Crippen LogP contribution in [0.2, 0.25) is 0 Å². The molecule has 1 aliphatic rings. The molecule has 2 aromatic rings. The lowest BCUT2D eigenvalue weighted by Gasteiger charge is -2.31. The minimum absolute atomic E-state index is 0.0701. The maximum atomic E-state index is 13.9. The number of nitrogens with zero attached hydrogens (tertiary/aromatic N) is 1. The number of rotatable bonds is 7. The Morgan fingerprint density at radius 1 is 1.04 bits per heavy atom. The first-order valence-electron chi connectivity index (χ1n) is 8.75. The highest BCUT2D eigenvalue weighted by atomic mass is 19.1. The number of morpholine rings is 1. The molecule has 0 amide bonds. The summed E-state index contributed by atoms with van der Waals surface area (Å²) in [6.45, 7) is 4.43. The lowest BCUT2D eigenvalue weighted by molar-refractivity contribution is 0.0325. The maximum absolute atomic E-state index is 13.9. The fourth-order valence-corrected chi connectivity index (χ4v) is 3.12. The Kier molecular flexibility index (Phi) is 6.53. The quantitative estimate of drug-likeness (QED) is 0.810. The number of aliphatic hydroxyl groups excluding tert-OH is 1. The minimum atomic E-state index is -0.878. The lowest BCUT2D eigenvalue weighted by Crippen LogP contribution is -2.42. The molecular formula is C20H25FN2O2. The van der Waals surface area contributed by atoms with Crippen molar-refractivity contribution < 1.29 is 14.2 Å². The second kappa shape index (κ2) is 9.06. The molecule has 2 aromatic carbocycles. The topological polar surface area (TPSA) is 44.7 Å². The third kappa shape index (κ3) is 5.09. The van der Waals surface area contributed by atoms with Crippen molar-refractivity contribution in [3.63, 3.8) is 0 Å². The van der Waals surface area contributed by atoms with E-state index in [9.17, 15) is 9.50 Å². The fourth-order valence-electron chi connectivity index (χ4n) is 3.12. The molecule has 134 valence electrons. The first-order valence-corrected chi connectivity index (χ1v) is 8.75. The molecule has 2 unspecified atom stereocenters. The highest BCUT2D eigenvalue weighted by Gasteiger charge is 2.20. The van der Waals surface area contributed by atoms with Gasteiger partial charge in [-0.3, -0.25) is 4.90 Å². The Morgan fingerprint density at radius 3 is 2.44 bits per heavy atom. The molecule has 0 saturated carbocycles. The van der Waals surface area contributed by atoms with Gasteiger partial charge in [0.25, 0.3) is 0 Å². The molecule has 25 heavy (non-hydrogen) atoms. The van der Waals surface area contributed by atoms with Crippen LogP contribution < -0.4 is 5.32 Å². The van der Waals surface area contributed by atoms with E-state index in [1.165, 1.54) is 6.07 Å². The molecular weight excluding hydrogens is 319 g/mol. The van der Waals surface area contributed by atoms with Gasteiger partial charge in [-0.25, -0.2) is 4.39 Å². The predicted octanol–water partition coefficient (Wildman–Crippen LogP) is 2.52. The number of hydrogen-bond donors (Lipinski definition) is 2. The summed E-state index contributed by atoms with van der Waals surface area (Å²) in [5.41, 5.74) is 1.49. The van der Waals surface area contributed by atoms with Crippen molar-refractivity contribution in [1.82, 2.24) is 10.2 Å². The van der Waals surface area contributed by atoms with Gasteiger partial charge in [0.05, 0.1) is 19.3 Å². The van der Waals surface area contributed by atoms with Gasteiger partial charge in [-0.1, -0.05) is 48.5 Å². The van der Waals surface area contributed by atoms with Gasteiger partial charge in [0.2, 0.25) is 0 Å². The first-order chi connectivity index (χ1) is 12.2. The molecule has 2 atom stereocenters. The zero-order chi connectivity index (χ0) is 17.5. The highest BCUT2D eigenvalue weighted by molar-refractivity contribution is 5.21. The van der Waals surface area contributed by atoms with E-state index < -0.39 is 6.10 Å². The van der Waals surface area contributed by atoms with E-state index in [0.29, 0.717) is 12.1 Å². The molecule has 0 aliphatic carbocycles. The van der Waals surface area contributed by atoms with Crippen molar-refractivity contribution in [3.05, 3.63) is 71.5 Å². The molecule has 0 aromatic heterocycles. The first kappa shape index (κ1) is 18.0. The summed E-state index contributed by atoms with van der Waals surface area (Å²) < 4.78 is 19.3. The van der Waals surface area contributed by atoms with Crippen molar-refractivity contribution in [3.8, 4) is 0 Å². The molecule has 0 bridgehead atoms. The molecule has 0 radical (unpaired) electrons. The van der Waals surface area contributed by atoms with Gasteiger partial charge in [0, 0.05) is 37.8 Å². The van der Waals surface area contributed by atoms with Crippen LogP contribution in [-0.2, 0) is 4.74 Å². The van der Waals surface area contributed by atoms with E-state index in [1.54, 1.807) is 18.2 Å². The van der Waals surface area contributed by atoms with Gasteiger partial charge in [-0.2, -0.15) is 0 Å². The maximum Gasteiger partial charge on any atom is 0.129 e. The second-order valence-corrected chi connectivity index (χ2v) is 6.32. The Morgan fingerprint density at radius 2 is 1.72 bits per heavy atom. The van der Waals surface area contributed by atoms with Crippen molar-refractivity contribution in [1.29, 1.82) is 0 Å². The Labute approximate surface area is 148 Å². The summed E-state index contributed by atoms with van der Waals surface area (Å²) in [5, 5.41) is 13.8. The average molecular weight is 344 g/mol. The molecule has 1 saturated heterocycles. The standard InChI is InChI=1S/C20H25FN2O2/c21-18-9-5-4-8-17(18)20(24)14-22-19(16-6-2-1-3-7-16)15-23-10-12-25-13-11-23/h1-9,19-20,22,24H,10-15H2. The summed E-state index contributed by atoms with van der Waals surface area (Å²) in [5.74, 6) is -0.374. The monoisotopic (exact) mass is 344 g/mol. The summed E-state index contributed by atoms with van der Waals surface area (Å²) in [4.78, 5) is 2.35. The largest absolute Gasteiger partial charge is 0.387 e. The van der Waals surface area contributed by atoms with E-state index in [2.05, 4.69) is 22.3 Å². The molecule has 4 nitrogen and oxygen atoms in total. The van der Waals surface area contributed by atoms with Crippen LogP contribution in [0, 0.1) is 5.82 Å².